The number of aromatic nitrogens is 4. The van der Waals surface area contributed by atoms with Crippen molar-refractivity contribution in [1.29, 1.82) is 0 Å². The van der Waals surface area contributed by atoms with Crippen LogP contribution >= 0.6 is 11.8 Å². The Kier molecular flexibility index (Phi) is 6.70. The molecule has 0 amide bonds. The molecule has 0 fully saturated rings. The maximum atomic E-state index is 13.5. The Bertz CT molecular complexity index is 1380. The number of aryl methyl sites for hydroxylation is 2. The second-order valence-corrected chi connectivity index (χ2v) is 8.66. The standard InChI is InChI=1S/C24H23F3N4O2S/c1-4-31-21-20(15(2)29-31)28-23(34-14-17-6-5-7-18(12-17)24(25,26)27)30(22(21)32)13-16-8-10-19(33-3)11-9-16/h5-12H,4,13-14H2,1-3H3. The number of halogens is 3. The van der Waals surface area contributed by atoms with Crippen LogP contribution in [0.5, 0.6) is 5.75 Å². The second-order valence-electron chi connectivity index (χ2n) is 7.72. The first-order valence-electron chi connectivity index (χ1n) is 10.6. The zero-order chi connectivity index (χ0) is 24.5. The number of methoxy groups -OCH3 is 1. The minimum absolute atomic E-state index is 0.228. The molecule has 0 aliphatic rings. The lowest BCUT2D eigenvalue weighted by Crippen LogP contribution is -2.25. The number of thioether (sulfide) groups is 1. The van der Waals surface area contributed by atoms with Gasteiger partial charge in [-0.1, -0.05) is 42.1 Å². The van der Waals surface area contributed by atoms with Crippen LogP contribution in [0.15, 0.2) is 58.5 Å². The SMILES string of the molecule is CCn1nc(C)c2nc(SCc3cccc(C(F)(F)F)c3)n(Cc3ccc(OC)cc3)c(=O)c21. The largest absolute Gasteiger partial charge is 0.497 e. The number of ether oxygens (including phenoxy) is 1. The van der Waals surface area contributed by atoms with Gasteiger partial charge >= 0.3 is 6.18 Å². The fourth-order valence-corrected chi connectivity index (χ4v) is 4.60. The zero-order valence-electron chi connectivity index (χ0n) is 18.9. The molecule has 0 saturated carbocycles. The molecule has 34 heavy (non-hydrogen) atoms. The van der Waals surface area contributed by atoms with Crippen LogP contribution in [0.3, 0.4) is 0 Å². The van der Waals surface area contributed by atoms with E-state index in [-0.39, 0.29) is 17.9 Å². The molecule has 4 rings (SSSR count). The van der Waals surface area contributed by atoms with E-state index in [4.69, 9.17) is 9.72 Å². The van der Waals surface area contributed by atoms with Crippen LogP contribution in [0, 0.1) is 6.92 Å². The Balaban J connectivity index is 1.75. The second kappa shape index (κ2) is 9.54. The summed E-state index contributed by atoms with van der Waals surface area (Å²) in [6.07, 6.45) is -4.42. The van der Waals surface area contributed by atoms with Gasteiger partial charge in [0.25, 0.3) is 5.56 Å². The molecule has 0 unspecified atom stereocenters. The Morgan fingerprint density at radius 2 is 1.82 bits per heavy atom. The van der Waals surface area contributed by atoms with Gasteiger partial charge in [0.2, 0.25) is 0 Å². The lowest BCUT2D eigenvalue weighted by Gasteiger charge is -2.14. The zero-order valence-corrected chi connectivity index (χ0v) is 19.7. The number of hydrogen-bond donors (Lipinski definition) is 0. The fourth-order valence-electron chi connectivity index (χ4n) is 3.67. The van der Waals surface area contributed by atoms with Gasteiger partial charge < -0.3 is 4.74 Å². The summed E-state index contributed by atoms with van der Waals surface area (Å²) >= 11 is 1.22. The van der Waals surface area contributed by atoms with E-state index >= 15 is 0 Å². The van der Waals surface area contributed by atoms with E-state index in [9.17, 15) is 18.0 Å². The molecule has 2 heterocycles. The molecule has 178 valence electrons. The maximum Gasteiger partial charge on any atom is 0.416 e. The van der Waals surface area contributed by atoms with Gasteiger partial charge in [0.15, 0.2) is 10.7 Å². The summed E-state index contributed by atoms with van der Waals surface area (Å²) in [6, 6.07) is 12.5. The average molecular weight is 489 g/mol. The maximum absolute atomic E-state index is 13.5. The predicted octanol–water partition coefficient (Wildman–Crippen LogP) is 5.29. The van der Waals surface area contributed by atoms with Crippen molar-refractivity contribution in [2.24, 2.45) is 0 Å². The minimum atomic E-state index is -4.42. The highest BCUT2D eigenvalue weighted by Gasteiger charge is 2.30. The molecule has 2 aromatic carbocycles. The van der Waals surface area contributed by atoms with Crippen LogP contribution < -0.4 is 10.3 Å². The van der Waals surface area contributed by atoms with Gasteiger partial charge in [-0.2, -0.15) is 18.3 Å². The Morgan fingerprint density at radius 3 is 2.47 bits per heavy atom. The number of benzene rings is 2. The van der Waals surface area contributed by atoms with Crippen LogP contribution in [-0.4, -0.2) is 26.4 Å². The lowest BCUT2D eigenvalue weighted by atomic mass is 10.1. The normalized spacial score (nSPS) is 11.8. The van der Waals surface area contributed by atoms with E-state index in [0.29, 0.717) is 39.7 Å². The average Bonchev–Trinajstić information content (AvgIpc) is 3.15. The van der Waals surface area contributed by atoms with Crippen molar-refractivity contribution < 1.29 is 17.9 Å². The van der Waals surface area contributed by atoms with E-state index in [1.165, 1.54) is 17.8 Å². The molecule has 2 aromatic heterocycles. The third kappa shape index (κ3) is 4.82. The van der Waals surface area contributed by atoms with Crippen LogP contribution in [0.4, 0.5) is 13.2 Å². The summed E-state index contributed by atoms with van der Waals surface area (Å²) in [7, 11) is 1.58. The highest BCUT2D eigenvalue weighted by atomic mass is 32.2. The highest BCUT2D eigenvalue weighted by molar-refractivity contribution is 7.98. The topological polar surface area (TPSA) is 61.9 Å². The third-order valence-electron chi connectivity index (χ3n) is 5.40. The van der Waals surface area contributed by atoms with E-state index in [2.05, 4.69) is 5.10 Å². The van der Waals surface area contributed by atoms with Gasteiger partial charge in [0.05, 0.1) is 24.9 Å². The molecule has 0 radical (unpaired) electrons. The number of fused-ring (bicyclic) bond motifs is 1. The molecule has 0 saturated heterocycles. The number of rotatable bonds is 7. The molecule has 0 bridgehead atoms. The predicted molar refractivity (Wildman–Crippen MR) is 125 cm³/mol. The van der Waals surface area contributed by atoms with Crippen molar-refractivity contribution in [3.05, 3.63) is 81.3 Å². The Morgan fingerprint density at radius 1 is 1.09 bits per heavy atom. The van der Waals surface area contributed by atoms with Gasteiger partial charge in [0.1, 0.15) is 11.3 Å². The third-order valence-corrected chi connectivity index (χ3v) is 6.45. The molecule has 0 spiro atoms. The molecular formula is C24H23F3N4O2S. The monoisotopic (exact) mass is 488 g/mol. The Labute approximate surface area is 198 Å². The molecule has 0 aliphatic carbocycles. The van der Waals surface area contributed by atoms with Crippen LogP contribution in [0.1, 0.15) is 29.3 Å². The first-order valence-corrected chi connectivity index (χ1v) is 11.6. The van der Waals surface area contributed by atoms with Gasteiger partial charge in [-0.15, -0.1) is 0 Å². The van der Waals surface area contributed by atoms with Gasteiger partial charge in [-0.05, 0) is 43.2 Å². The molecular weight excluding hydrogens is 465 g/mol. The van der Waals surface area contributed by atoms with Crippen molar-refractivity contribution >= 4 is 22.8 Å². The summed E-state index contributed by atoms with van der Waals surface area (Å²) < 4.78 is 47.7. The molecule has 6 nitrogen and oxygen atoms in total. The van der Waals surface area contributed by atoms with Crippen LogP contribution in [0.2, 0.25) is 0 Å². The van der Waals surface area contributed by atoms with Gasteiger partial charge in [-0.25, -0.2) is 4.98 Å². The van der Waals surface area contributed by atoms with Crippen molar-refractivity contribution in [3.63, 3.8) is 0 Å². The van der Waals surface area contributed by atoms with E-state index < -0.39 is 11.7 Å². The van der Waals surface area contributed by atoms with Crippen molar-refractivity contribution in [2.75, 3.05) is 7.11 Å². The summed E-state index contributed by atoms with van der Waals surface area (Å²) in [4.78, 5) is 18.3. The highest BCUT2D eigenvalue weighted by Crippen LogP contribution is 2.31. The number of alkyl halides is 3. The molecule has 4 aromatic rings. The van der Waals surface area contributed by atoms with Crippen LogP contribution in [0.25, 0.3) is 11.0 Å². The quantitative estimate of drug-likeness (QED) is 0.261. The number of hydrogen-bond acceptors (Lipinski definition) is 5. The van der Waals surface area contributed by atoms with Crippen LogP contribution in [-0.2, 0) is 25.0 Å². The lowest BCUT2D eigenvalue weighted by molar-refractivity contribution is -0.137. The summed E-state index contributed by atoms with van der Waals surface area (Å²) in [5.41, 5.74) is 1.96. The molecule has 0 aliphatic heterocycles. The Hall–Kier alpha value is -3.27. The van der Waals surface area contributed by atoms with E-state index in [1.807, 2.05) is 31.2 Å². The first kappa shape index (κ1) is 23.9. The minimum Gasteiger partial charge on any atom is -0.497 e. The van der Waals surface area contributed by atoms with Gasteiger partial charge in [0, 0.05) is 12.3 Å². The summed E-state index contributed by atoms with van der Waals surface area (Å²) in [5.74, 6) is 0.925. The summed E-state index contributed by atoms with van der Waals surface area (Å²) in [5, 5.41) is 4.85. The summed E-state index contributed by atoms with van der Waals surface area (Å²) in [6.45, 7) is 4.45. The van der Waals surface area contributed by atoms with Crippen molar-refractivity contribution in [1.82, 2.24) is 19.3 Å². The smallest absolute Gasteiger partial charge is 0.416 e. The van der Waals surface area contributed by atoms with Gasteiger partial charge in [-0.3, -0.25) is 14.0 Å². The molecule has 10 heteroatoms. The number of nitrogens with zero attached hydrogens (tertiary/aromatic N) is 4. The first-order chi connectivity index (χ1) is 16.2. The van der Waals surface area contributed by atoms with E-state index in [0.717, 1.165) is 17.7 Å². The van der Waals surface area contributed by atoms with E-state index in [1.54, 1.807) is 29.3 Å². The van der Waals surface area contributed by atoms with Crippen molar-refractivity contribution in [2.45, 2.75) is 44.0 Å². The fraction of sp³-hybridized carbons (Fsp3) is 0.292. The molecule has 0 N–H and O–H groups in total. The van der Waals surface area contributed by atoms with Crippen molar-refractivity contribution in [3.8, 4) is 5.75 Å². The molecule has 0 atom stereocenters.